The highest BCUT2D eigenvalue weighted by Gasteiger charge is 2.36. The summed E-state index contributed by atoms with van der Waals surface area (Å²) >= 11 is 0. The van der Waals surface area contributed by atoms with Crippen LogP contribution >= 0.6 is 0 Å². The largest absolute Gasteiger partial charge is 0.371 e. The molecule has 0 radical (unpaired) electrons. The molecule has 1 aromatic heterocycles. The van der Waals surface area contributed by atoms with Crippen LogP contribution in [0.2, 0.25) is 0 Å². The minimum Gasteiger partial charge on any atom is -0.371 e. The van der Waals surface area contributed by atoms with Crippen molar-refractivity contribution in [2.24, 2.45) is 0 Å². The second kappa shape index (κ2) is 5.85. The summed E-state index contributed by atoms with van der Waals surface area (Å²) in [7, 11) is 0. The third-order valence-electron chi connectivity index (χ3n) is 3.95. The Bertz CT molecular complexity index is 525. The molecule has 7 heteroatoms. The zero-order valence-corrected chi connectivity index (χ0v) is 12.1. The van der Waals surface area contributed by atoms with E-state index in [1.165, 1.54) is 6.07 Å². The van der Waals surface area contributed by atoms with E-state index in [2.05, 4.69) is 17.2 Å². The molecular formula is C14H20N4O3. The number of hydrogen-bond acceptors (Lipinski definition) is 6. The van der Waals surface area contributed by atoms with Crippen LogP contribution in [0, 0.1) is 10.1 Å². The number of aromatic nitrogens is 1. The van der Waals surface area contributed by atoms with Gasteiger partial charge in [-0.2, -0.15) is 0 Å². The van der Waals surface area contributed by atoms with Gasteiger partial charge < -0.3 is 15.0 Å². The molecule has 2 aliphatic heterocycles. The Labute approximate surface area is 123 Å². The van der Waals surface area contributed by atoms with E-state index in [1.54, 1.807) is 6.07 Å². The highest BCUT2D eigenvalue weighted by Crippen LogP contribution is 2.34. The predicted molar refractivity (Wildman–Crippen MR) is 79.8 cm³/mol. The highest BCUT2D eigenvalue weighted by molar-refractivity contribution is 5.62. The average Bonchev–Trinajstić information content (AvgIpc) is 2.83. The number of hydrogen-bond donors (Lipinski definition) is 1. The Morgan fingerprint density at radius 2 is 2.14 bits per heavy atom. The van der Waals surface area contributed by atoms with Crippen LogP contribution in [-0.4, -0.2) is 41.7 Å². The lowest BCUT2D eigenvalue weighted by atomic mass is 10.2. The first kappa shape index (κ1) is 14.1. The SMILES string of the molecule is CCCNc1ccc([N+](=O)[O-])c(N2CC3CCC(C2)O3)n1. The first-order valence-electron chi connectivity index (χ1n) is 7.47. The van der Waals surface area contributed by atoms with Crippen molar-refractivity contribution in [1.29, 1.82) is 0 Å². The lowest BCUT2D eigenvalue weighted by molar-refractivity contribution is -0.384. The molecular weight excluding hydrogens is 272 g/mol. The molecule has 2 fully saturated rings. The molecule has 0 spiro atoms. The quantitative estimate of drug-likeness (QED) is 0.662. The van der Waals surface area contributed by atoms with E-state index in [-0.39, 0.29) is 22.8 Å². The molecule has 1 aromatic rings. The van der Waals surface area contributed by atoms with Crippen LogP contribution in [0.25, 0.3) is 0 Å². The van der Waals surface area contributed by atoms with Gasteiger partial charge >= 0.3 is 5.69 Å². The molecule has 7 nitrogen and oxygen atoms in total. The summed E-state index contributed by atoms with van der Waals surface area (Å²) in [5.41, 5.74) is 0.0679. The number of rotatable bonds is 5. The average molecular weight is 292 g/mol. The monoisotopic (exact) mass is 292 g/mol. The number of fused-ring (bicyclic) bond motifs is 2. The first-order chi connectivity index (χ1) is 10.2. The Balaban J connectivity index is 1.88. The van der Waals surface area contributed by atoms with Crippen molar-refractivity contribution in [3.05, 3.63) is 22.2 Å². The van der Waals surface area contributed by atoms with E-state index in [1.807, 2.05) is 4.90 Å². The fourth-order valence-electron chi connectivity index (χ4n) is 2.96. The van der Waals surface area contributed by atoms with Crippen molar-refractivity contribution >= 4 is 17.3 Å². The summed E-state index contributed by atoms with van der Waals surface area (Å²) in [6.45, 7) is 4.24. The third-order valence-corrected chi connectivity index (χ3v) is 3.95. The topological polar surface area (TPSA) is 80.5 Å². The zero-order valence-electron chi connectivity index (χ0n) is 12.1. The summed E-state index contributed by atoms with van der Waals surface area (Å²) in [6, 6.07) is 3.21. The second-order valence-electron chi connectivity index (χ2n) is 5.59. The molecule has 114 valence electrons. The maximum absolute atomic E-state index is 11.3. The van der Waals surface area contributed by atoms with Crippen molar-refractivity contribution in [2.75, 3.05) is 29.9 Å². The van der Waals surface area contributed by atoms with Gasteiger partial charge in [-0.3, -0.25) is 10.1 Å². The van der Waals surface area contributed by atoms with Gasteiger partial charge in [0, 0.05) is 25.7 Å². The Morgan fingerprint density at radius 3 is 2.76 bits per heavy atom. The van der Waals surface area contributed by atoms with Crippen LogP contribution in [-0.2, 0) is 4.74 Å². The fourth-order valence-corrected chi connectivity index (χ4v) is 2.96. The summed E-state index contributed by atoms with van der Waals surface area (Å²) < 4.78 is 5.79. The zero-order chi connectivity index (χ0) is 14.8. The van der Waals surface area contributed by atoms with Gasteiger partial charge in [-0.1, -0.05) is 6.92 Å². The minimum atomic E-state index is -0.358. The van der Waals surface area contributed by atoms with Gasteiger partial charge in [0.1, 0.15) is 5.82 Å². The van der Waals surface area contributed by atoms with Crippen LogP contribution in [0.3, 0.4) is 0 Å². The summed E-state index contributed by atoms with van der Waals surface area (Å²) in [5, 5.41) is 14.4. The highest BCUT2D eigenvalue weighted by atomic mass is 16.6. The van der Waals surface area contributed by atoms with Gasteiger partial charge in [0.25, 0.3) is 0 Å². The maximum Gasteiger partial charge on any atom is 0.311 e. The number of pyridine rings is 1. The lowest BCUT2D eigenvalue weighted by Gasteiger charge is -2.32. The van der Waals surface area contributed by atoms with Gasteiger partial charge in [-0.15, -0.1) is 0 Å². The molecule has 21 heavy (non-hydrogen) atoms. The van der Waals surface area contributed by atoms with Crippen molar-refractivity contribution < 1.29 is 9.66 Å². The number of ether oxygens (including phenoxy) is 1. The van der Waals surface area contributed by atoms with Gasteiger partial charge in [0.05, 0.1) is 17.1 Å². The van der Waals surface area contributed by atoms with Gasteiger partial charge in [0.15, 0.2) is 0 Å². The Hall–Kier alpha value is -1.89. The number of morpholine rings is 1. The number of anilines is 2. The van der Waals surface area contributed by atoms with Crippen LogP contribution in [0.15, 0.2) is 12.1 Å². The standard InChI is InChI=1S/C14H20N4O3/c1-2-7-15-13-6-5-12(18(19)20)14(16-13)17-8-10-3-4-11(9-17)21-10/h5-6,10-11H,2-4,7-9H2,1H3,(H,15,16). The van der Waals surface area contributed by atoms with Crippen molar-refractivity contribution in [3.63, 3.8) is 0 Å². The maximum atomic E-state index is 11.3. The lowest BCUT2D eigenvalue weighted by Crippen LogP contribution is -2.43. The first-order valence-corrected chi connectivity index (χ1v) is 7.47. The second-order valence-corrected chi connectivity index (χ2v) is 5.59. The molecule has 0 aromatic carbocycles. The predicted octanol–water partition coefficient (Wildman–Crippen LogP) is 2.18. The van der Waals surface area contributed by atoms with Crippen molar-refractivity contribution in [1.82, 2.24) is 4.98 Å². The van der Waals surface area contributed by atoms with E-state index >= 15 is 0 Å². The number of nitrogens with one attached hydrogen (secondary N) is 1. The van der Waals surface area contributed by atoms with Crippen LogP contribution in [0.5, 0.6) is 0 Å². The number of nitrogens with zero attached hydrogens (tertiary/aromatic N) is 3. The Kier molecular flexibility index (Phi) is 3.92. The van der Waals surface area contributed by atoms with Crippen LogP contribution in [0.1, 0.15) is 26.2 Å². The normalized spacial score (nSPS) is 24.1. The Morgan fingerprint density at radius 1 is 1.43 bits per heavy atom. The smallest absolute Gasteiger partial charge is 0.311 e. The van der Waals surface area contributed by atoms with E-state index < -0.39 is 0 Å². The molecule has 3 heterocycles. The fraction of sp³-hybridized carbons (Fsp3) is 0.643. The molecule has 2 bridgehead atoms. The molecule has 0 saturated carbocycles. The van der Waals surface area contributed by atoms with Crippen molar-refractivity contribution in [2.45, 2.75) is 38.4 Å². The molecule has 2 unspecified atom stereocenters. The molecule has 1 N–H and O–H groups in total. The van der Waals surface area contributed by atoms with Crippen LogP contribution < -0.4 is 10.2 Å². The van der Waals surface area contributed by atoms with E-state index in [0.717, 1.165) is 25.8 Å². The van der Waals surface area contributed by atoms with Gasteiger partial charge in [-0.25, -0.2) is 4.98 Å². The van der Waals surface area contributed by atoms with Crippen molar-refractivity contribution in [3.8, 4) is 0 Å². The molecule has 2 atom stereocenters. The summed E-state index contributed by atoms with van der Waals surface area (Å²) in [6.07, 6.45) is 3.40. The molecule has 0 amide bonds. The number of nitro groups is 1. The minimum absolute atomic E-state index is 0.0679. The third kappa shape index (κ3) is 2.92. The summed E-state index contributed by atoms with van der Waals surface area (Å²) in [5.74, 6) is 1.15. The van der Waals surface area contributed by atoms with Gasteiger partial charge in [-0.05, 0) is 25.3 Å². The molecule has 0 aliphatic carbocycles. The molecule has 2 aliphatic rings. The molecule has 2 saturated heterocycles. The van der Waals surface area contributed by atoms with E-state index in [0.29, 0.717) is 24.7 Å². The summed E-state index contributed by atoms with van der Waals surface area (Å²) in [4.78, 5) is 17.4. The van der Waals surface area contributed by atoms with Gasteiger partial charge in [0.2, 0.25) is 5.82 Å². The van der Waals surface area contributed by atoms with E-state index in [9.17, 15) is 10.1 Å². The van der Waals surface area contributed by atoms with Crippen LogP contribution in [0.4, 0.5) is 17.3 Å². The molecule has 3 rings (SSSR count). The van der Waals surface area contributed by atoms with E-state index in [4.69, 9.17) is 4.74 Å².